The van der Waals surface area contributed by atoms with Crippen LogP contribution in [0.4, 0.5) is 0 Å². The third kappa shape index (κ3) is 4.40. The Kier molecular flexibility index (Phi) is 5.92. The summed E-state index contributed by atoms with van der Waals surface area (Å²) < 4.78 is 33.2. The largest absolute Gasteiger partial charge is 0.389 e. The lowest BCUT2D eigenvalue weighted by Gasteiger charge is -2.34. The molecule has 8 nitrogen and oxygen atoms in total. The summed E-state index contributed by atoms with van der Waals surface area (Å²) in [6, 6.07) is 7.01. The van der Waals surface area contributed by atoms with E-state index in [2.05, 4.69) is 21.6 Å². The fourth-order valence-corrected chi connectivity index (χ4v) is 4.51. The van der Waals surface area contributed by atoms with Crippen LogP contribution in [0.5, 0.6) is 0 Å². The summed E-state index contributed by atoms with van der Waals surface area (Å²) in [6.07, 6.45) is -1.33. The van der Waals surface area contributed by atoms with Gasteiger partial charge in [-0.25, -0.2) is 13.1 Å². The summed E-state index contributed by atoms with van der Waals surface area (Å²) in [5, 5.41) is 19.4. The first kappa shape index (κ1) is 19.2. The highest BCUT2D eigenvalue weighted by molar-refractivity contribution is 7.89. The number of ether oxygens (including phenoxy) is 1. The normalized spacial score (nSPS) is 28.1. The van der Waals surface area contributed by atoms with Gasteiger partial charge in [0.1, 0.15) is 0 Å². The number of sulfonamides is 1. The lowest BCUT2D eigenvalue weighted by Crippen LogP contribution is -2.50. The number of aliphatic hydroxyl groups is 1. The van der Waals surface area contributed by atoms with Gasteiger partial charge in [-0.15, -0.1) is 0 Å². The van der Waals surface area contributed by atoms with Gasteiger partial charge in [0.15, 0.2) is 0 Å². The number of hydrogen-bond donors (Lipinski definition) is 2. The Morgan fingerprint density at radius 1 is 1.35 bits per heavy atom. The van der Waals surface area contributed by atoms with Crippen LogP contribution in [0.2, 0.25) is 0 Å². The molecule has 3 rings (SSSR count). The van der Waals surface area contributed by atoms with Crippen LogP contribution in [0.1, 0.15) is 5.56 Å². The second-order valence-electron chi connectivity index (χ2n) is 6.83. The first-order chi connectivity index (χ1) is 12.4. The fourth-order valence-electron chi connectivity index (χ4n) is 3.23. The monoisotopic (exact) mass is 380 g/mol. The first-order valence-electron chi connectivity index (χ1n) is 8.62. The topological polar surface area (TPSA) is 106 Å². The molecule has 2 saturated heterocycles. The molecule has 3 atom stereocenters. The van der Waals surface area contributed by atoms with E-state index in [1.165, 1.54) is 18.2 Å². The maximum atomic E-state index is 12.5. The molecular formula is C17H24N4O4S. The van der Waals surface area contributed by atoms with Crippen molar-refractivity contribution < 1.29 is 18.3 Å². The van der Waals surface area contributed by atoms with Crippen molar-refractivity contribution in [1.82, 2.24) is 14.5 Å². The quantitative estimate of drug-likeness (QED) is 0.690. The average Bonchev–Trinajstić information content (AvgIpc) is 2.96. The van der Waals surface area contributed by atoms with Crippen molar-refractivity contribution in [3.63, 3.8) is 0 Å². The van der Waals surface area contributed by atoms with Crippen molar-refractivity contribution in [3.8, 4) is 6.07 Å². The summed E-state index contributed by atoms with van der Waals surface area (Å²) in [5.41, 5.74) is 0.268. The van der Waals surface area contributed by atoms with E-state index in [0.717, 1.165) is 26.2 Å². The molecule has 0 aromatic heterocycles. The van der Waals surface area contributed by atoms with E-state index in [1.54, 1.807) is 6.07 Å². The number of benzene rings is 1. The lowest BCUT2D eigenvalue weighted by molar-refractivity contribution is 0.00636. The molecule has 3 unspecified atom stereocenters. The molecule has 2 fully saturated rings. The highest BCUT2D eigenvalue weighted by atomic mass is 32.2. The van der Waals surface area contributed by atoms with Gasteiger partial charge in [0.2, 0.25) is 10.0 Å². The van der Waals surface area contributed by atoms with Gasteiger partial charge in [-0.05, 0) is 25.2 Å². The number of rotatable bonds is 5. The van der Waals surface area contributed by atoms with Crippen LogP contribution >= 0.6 is 0 Å². The smallest absolute Gasteiger partial charge is 0.241 e. The summed E-state index contributed by atoms with van der Waals surface area (Å²) >= 11 is 0. The summed E-state index contributed by atoms with van der Waals surface area (Å²) in [4.78, 5) is 4.47. The van der Waals surface area contributed by atoms with E-state index < -0.39 is 28.3 Å². The Morgan fingerprint density at radius 2 is 2.08 bits per heavy atom. The van der Waals surface area contributed by atoms with Crippen molar-refractivity contribution in [3.05, 3.63) is 29.8 Å². The number of aliphatic hydroxyl groups excluding tert-OH is 1. The molecule has 142 valence electrons. The van der Waals surface area contributed by atoms with Crippen molar-refractivity contribution in [2.45, 2.75) is 23.1 Å². The van der Waals surface area contributed by atoms with Crippen LogP contribution in [0.25, 0.3) is 0 Å². The summed E-state index contributed by atoms with van der Waals surface area (Å²) in [5.74, 6) is 0. The molecule has 26 heavy (non-hydrogen) atoms. The Balaban J connectivity index is 1.61. The van der Waals surface area contributed by atoms with Crippen LogP contribution in [0.15, 0.2) is 29.2 Å². The second-order valence-corrected chi connectivity index (χ2v) is 8.55. The van der Waals surface area contributed by atoms with Crippen molar-refractivity contribution in [2.24, 2.45) is 0 Å². The van der Waals surface area contributed by atoms with Crippen molar-refractivity contribution in [1.29, 1.82) is 5.26 Å². The third-order valence-corrected chi connectivity index (χ3v) is 6.38. The molecule has 0 aliphatic carbocycles. The molecule has 0 amide bonds. The highest BCUT2D eigenvalue weighted by Crippen LogP contribution is 2.19. The fraction of sp³-hybridized carbons (Fsp3) is 0.588. The van der Waals surface area contributed by atoms with Crippen molar-refractivity contribution in [2.75, 3.05) is 46.4 Å². The van der Waals surface area contributed by atoms with Crippen LogP contribution in [-0.2, 0) is 14.8 Å². The van der Waals surface area contributed by atoms with E-state index in [-0.39, 0.29) is 17.1 Å². The third-order valence-electron chi connectivity index (χ3n) is 4.90. The predicted octanol–water partition coefficient (Wildman–Crippen LogP) is -0.788. The second kappa shape index (κ2) is 8.00. The van der Waals surface area contributed by atoms with Crippen LogP contribution < -0.4 is 4.72 Å². The first-order valence-corrected chi connectivity index (χ1v) is 10.1. The Bertz CT molecular complexity index is 771. The highest BCUT2D eigenvalue weighted by Gasteiger charge is 2.39. The van der Waals surface area contributed by atoms with E-state index in [1.807, 2.05) is 6.07 Å². The van der Waals surface area contributed by atoms with Gasteiger partial charge < -0.3 is 14.7 Å². The molecule has 2 aliphatic rings. The number of likely N-dealkylation sites (N-methyl/N-ethyl adjacent to an activating group) is 1. The number of nitrogens with one attached hydrogen (secondary N) is 1. The van der Waals surface area contributed by atoms with Gasteiger partial charge in [-0.3, -0.25) is 4.90 Å². The maximum absolute atomic E-state index is 12.5. The zero-order valence-electron chi connectivity index (χ0n) is 14.7. The summed E-state index contributed by atoms with van der Waals surface area (Å²) in [7, 11) is -1.76. The van der Waals surface area contributed by atoms with Gasteiger partial charge in [0.25, 0.3) is 0 Å². The number of hydrogen-bond acceptors (Lipinski definition) is 7. The molecule has 2 N–H and O–H groups in total. The molecule has 2 aliphatic heterocycles. The molecule has 1 aromatic rings. The maximum Gasteiger partial charge on any atom is 0.241 e. The molecule has 2 heterocycles. The Morgan fingerprint density at radius 3 is 2.77 bits per heavy atom. The van der Waals surface area contributed by atoms with E-state index >= 15 is 0 Å². The van der Waals surface area contributed by atoms with Crippen LogP contribution in [-0.4, -0.2) is 88.0 Å². The van der Waals surface area contributed by atoms with E-state index in [4.69, 9.17) is 10.00 Å². The van der Waals surface area contributed by atoms with Gasteiger partial charge in [-0.1, -0.05) is 6.07 Å². The van der Waals surface area contributed by atoms with E-state index in [0.29, 0.717) is 6.54 Å². The standard InChI is InChI=1S/C17H24N4O4S/c1-20-5-7-21(8-6-20)11-16-17(22)15(12-25-16)19-26(23,24)14-4-2-3-13(9-14)10-18/h2-4,9,15-17,19,22H,5-8,11-12H2,1H3. The molecule has 0 radical (unpaired) electrons. The van der Waals surface area contributed by atoms with Gasteiger partial charge in [0, 0.05) is 32.7 Å². The minimum Gasteiger partial charge on any atom is -0.389 e. The summed E-state index contributed by atoms with van der Waals surface area (Å²) in [6.45, 7) is 4.44. The van der Waals surface area contributed by atoms with Gasteiger partial charge in [-0.2, -0.15) is 5.26 Å². The van der Waals surface area contributed by atoms with Crippen molar-refractivity contribution >= 4 is 10.0 Å². The van der Waals surface area contributed by atoms with Crippen LogP contribution in [0.3, 0.4) is 0 Å². The minimum atomic E-state index is -3.83. The zero-order valence-corrected chi connectivity index (χ0v) is 15.5. The minimum absolute atomic E-state index is 0.00580. The Hall–Kier alpha value is -1.54. The predicted molar refractivity (Wildman–Crippen MR) is 95.0 cm³/mol. The average molecular weight is 380 g/mol. The van der Waals surface area contributed by atoms with Gasteiger partial charge >= 0.3 is 0 Å². The number of piperazine rings is 1. The lowest BCUT2D eigenvalue weighted by atomic mass is 10.1. The number of nitriles is 1. The molecular weight excluding hydrogens is 356 g/mol. The molecule has 1 aromatic carbocycles. The zero-order chi connectivity index (χ0) is 18.7. The molecule has 9 heteroatoms. The van der Waals surface area contributed by atoms with E-state index in [9.17, 15) is 13.5 Å². The molecule has 0 bridgehead atoms. The molecule has 0 spiro atoms. The van der Waals surface area contributed by atoms with Crippen LogP contribution in [0, 0.1) is 11.3 Å². The SMILES string of the molecule is CN1CCN(CC2OCC(NS(=O)(=O)c3cccc(C#N)c3)C2O)CC1. The number of nitrogens with zero attached hydrogens (tertiary/aromatic N) is 3. The van der Waals surface area contributed by atoms with Gasteiger partial charge in [0.05, 0.1) is 41.4 Å². The Labute approximate surface area is 154 Å². The molecule has 0 saturated carbocycles.